The number of quaternary nitrogens is 1. The molecule has 0 amide bonds. The summed E-state index contributed by atoms with van der Waals surface area (Å²) in [5.41, 5.74) is 0. The van der Waals surface area contributed by atoms with Gasteiger partial charge in [0.25, 0.3) is 0 Å². The largest absolute Gasteiger partial charge is 0.370 e. The van der Waals surface area contributed by atoms with Crippen LogP contribution in [-0.4, -0.2) is 50.7 Å². The molecule has 0 N–H and O–H groups in total. The lowest BCUT2D eigenvalue weighted by molar-refractivity contribution is -0.959. The van der Waals surface area contributed by atoms with Crippen molar-refractivity contribution in [2.24, 2.45) is 0 Å². The zero-order chi connectivity index (χ0) is 9.03. The molecule has 0 aliphatic carbocycles. The van der Waals surface area contributed by atoms with Gasteiger partial charge in [-0.1, -0.05) is 0 Å². The molecule has 0 aromatic heterocycles. The number of rotatable bonds is 3. The van der Waals surface area contributed by atoms with E-state index in [4.69, 9.17) is 9.47 Å². The molecule has 0 bridgehead atoms. The van der Waals surface area contributed by atoms with Crippen LogP contribution in [0, 0.1) is 0 Å². The molecule has 1 atom stereocenters. The summed E-state index contributed by atoms with van der Waals surface area (Å²) in [6, 6.07) is 0. The Morgan fingerprint density at radius 2 is 2.00 bits per heavy atom. The fourth-order valence-electron chi connectivity index (χ4n) is 1.54. The Bertz CT molecular complexity index is 132. The van der Waals surface area contributed by atoms with Crippen molar-refractivity contribution in [3.8, 4) is 0 Å². The molecular weight excluding hydrogens is 154 g/mol. The molecule has 0 aromatic carbocycles. The van der Waals surface area contributed by atoms with Crippen LogP contribution in [0.2, 0.25) is 0 Å². The van der Waals surface area contributed by atoms with E-state index in [1.165, 1.54) is 0 Å². The maximum Gasteiger partial charge on any atom is 0.190 e. The lowest BCUT2D eigenvalue weighted by atomic mass is 10.3. The van der Waals surface area contributed by atoms with Gasteiger partial charge in [0.05, 0.1) is 26.9 Å². The second-order valence-electron chi connectivity index (χ2n) is 3.59. The maximum atomic E-state index is 5.60. The molecule has 3 nitrogen and oxygen atoms in total. The van der Waals surface area contributed by atoms with Crippen LogP contribution in [0.15, 0.2) is 0 Å². The molecule has 0 aromatic rings. The minimum atomic E-state index is 0.305. The second-order valence-corrected chi connectivity index (χ2v) is 3.59. The van der Waals surface area contributed by atoms with Gasteiger partial charge in [-0.25, -0.2) is 0 Å². The van der Waals surface area contributed by atoms with E-state index >= 15 is 0 Å². The predicted molar refractivity (Wildman–Crippen MR) is 47.8 cm³/mol. The minimum absolute atomic E-state index is 0.305. The second kappa shape index (κ2) is 4.21. The molecule has 1 heterocycles. The molecular formula is C9H20NO2+. The average molecular weight is 174 g/mol. The number of hydrogen-bond donors (Lipinski definition) is 0. The fourth-order valence-corrected chi connectivity index (χ4v) is 1.54. The van der Waals surface area contributed by atoms with Crippen molar-refractivity contribution in [3.63, 3.8) is 0 Å². The predicted octanol–water partition coefficient (Wildman–Crippen LogP) is 0.846. The summed E-state index contributed by atoms with van der Waals surface area (Å²) >= 11 is 0. The van der Waals surface area contributed by atoms with E-state index in [-0.39, 0.29) is 0 Å². The average Bonchev–Trinajstić information content (AvgIpc) is 2.06. The Kier molecular flexibility index (Phi) is 3.50. The standard InChI is InChI=1S/C9H20NO2/c1-4-12-9(2)10(3)5-7-11-8-6-10/h9H,4-8H2,1-3H3/q+1. The maximum absolute atomic E-state index is 5.60. The van der Waals surface area contributed by atoms with Gasteiger partial charge in [-0.05, 0) is 6.92 Å². The summed E-state index contributed by atoms with van der Waals surface area (Å²) in [5, 5.41) is 0. The van der Waals surface area contributed by atoms with Crippen LogP contribution in [0.4, 0.5) is 0 Å². The Balaban J connectivity index is 2.44. The molecule has 12 heavy (non-hydrogen) atoms. The first-order chi connectivity index (χ1) is 5.69. The lowest BCUT2D eigenvalue weighted by Gasteiger charge is -2.41. The van der Waals surface area contributed by atoms with Crippen molar-refractivity contribution in [3.05, 3.63) is 0 Å². The third-order valence-corrected chi connectivity index (χ3v) is 2.78. The van der Waals surface area contributed by atoms with Gasteiger partial charge in [0.2, 0.25) is 0 Å². The first kappa shape index (κ1) is 9.96. The van der Waals surface area contributed by atoms with Crippen LogP contribution in [0.25, 0.3) is 0 Å². The van der Waals surface area contributed by atoms with Gasteiger partial charge < -0.3 is 9.47 Å². The van der Waals surface area contributed by atoms with Crippen LogP contribution >= 0.6 is 0 Å². The summed E-state index contributed by atoms with van der Waals surface area (Å²) in [5.74, 6) is 0. The highest BCUT2D eigenvalue weighted by molar-refractivity contribution is 4.47. The fraction of sp³-hybridized carbons (Fsp3) is 1.00. The van der Waals surface area contributed by atoms with E-state index in [0.29, 0.717) is 6.23 Å². The van der Waals surface area contributed by atoms with Crippen LogP contribution < -0.4 is 0 Å². The van der Waals surface area contributed by atoms with Crippen molar-refractivity contribution in [2.45, 2.75) is 20.1 Å². The highest BCUT2D eigenvalue weighted by Gasteiger charge is 2.31. The van der Waals surface area contributed by atoms with Crippen molar-refractivity contribution in [2.75, 3.05) is 40.0 Å². The van der Waals surface area contributed by atoms with E-state index in [0.717, 1.165) is 37.4 Å². The highest BCUT2D eigenvalue weighted by Crippen LogP contribution is 2.14. The third-order valence-electron chi connectivity index (χ3n) is 2.78. The van der Waals surface area contributed by atoms with Gasteiger partial charge in [0.1, 0.15) is 13.1 Å². The normalized spacial score (nSPS) is 25.2. The van der Waals surface area contributed by atoms with Crippen molar-refractivity contribution < 1.29 is 14.0 Å². The summed E-state index contributed by atoms with van der Waals surface area (Å²) in [6.07, 6.45) is 0.305. The highest BCUT2D eigenvalue weighted by atomic mass is 16.5. The first-order valence-electron chi connectivity index (χ1n) is 4.72. The zero-order valence-corrected chi connectivity index (χ0v) is 8.38. The molecule has 1 fully saturated rings. The van der Waals surface area contributed by atoms with E-state index in [2.05, 4.69) is 14.0 Å². The number of likely N-dealkylation sites (N-methyl/N-ethyl adjacent to an activating group) is 1. The number of hydrogen-bond acceptors (Lipinski definition) is 2. The molecule has 3 heteroatoms. The van der Waals surface area contributed by atoms with E-state index < -0.39 is 0 Å². The molecule has 0 saturated carbocycles. The van der Waals surface area contributed by atoms with Crippen molar-refractivity contribution in [1.82, 2.24) is 0 Å². The summed E-state index contributed by atoms with van der Waals surface area (Å²) < 4.78 is 11.9. The molecule has 1 unspecified atom stereocenters. The number of ether oxygens (including phenoxy) is 2. The van der Waals surface area contributed by atoms with Crippen LogP contribution in [0.5, 0.6) is 0 Å². The van der Waals surface area contributed by atoms with E-state index in [1.807, 2.05) is 6.92 Å². The molecule has 1 rings (SSSR count). The van der Waals surface area contributed by atoms with Gasteiger partial charge in [0.15, 0.2) is 6.23 Å². The van der Waals surface area contributed by atoms with Crippen molar-refractivity contribution >= 4 is 0 Å². The Morgan fingerprint density at radius 1 is 1.42 bits per heavy atom. The monoisotopic (exact) mass is 174 g/mol. The van der Waals surface area contributed by atoms with Gasteiger partial charge >= 0.3 is 0 Å². The van der Waals surface area contributed by atoms with Gasteiger partial charge in [-0.15, -0.1) is 0 Å². The Hall–Kier alpha value is -0.120. The molecule has 1 aliphatic rings. The van der Waals surface area contributed by atoms with Gasteiger partial charge in [0, 0.05) is 6.92 Å². The van der Waals surface area contributed by atoms with Crippen LogP contribution in [0.1, 0.15) is 13.8 Å². The number of nitrogens with zero attached hydrogens (tertiary/aromatic N) is 1. The van der Waals surface area contributed by atoms with Crippen LogP contribution in [0.3, 0.4) is 0 Å². The molecule has 0 radical (unpaired) electrons. The SMILES string of the molecule is CCOC(C)[N+]1(C)CCOCC1. The van der Waals surface area contributed by atoms with Gasteiger partial charge in [-0.2, -0.15) is 0 Å². The zero-order valence-electron chi connectivity index (χ0n) is 8.38. The minimum Gasteiger partial charge on any atom is -0.370 e. The van der Waals surface area contributed by atoms with Crippen molar-refractivity contribution in [1.29, 1.82) is 0 Å². The molecule has 0 spiro atoms. The number of morpholine rings is 1. The topological polar surface area (TPSA) is 18.5 Å². The Morgan fingerprint density at radius 3 is 2.50 bits per heavy atom. The van der Waals surface area contributed by atoms with E-state index in [1.54, 1.807) is 0 Å². The Labute approximate surface area is 74.8 Å². The van der Waals surface area contributed by atoms with Crippen LogP contribution in [-0.2, 0) is 9.47 Å². The smallest absolute Gasteiger partial charge is 0.190 e. The summed E-state index contributed by atoms with van der Waals surface area (Å²) in [4.78, 5) is 0. The van der Waals surface area contributed by atoms with Gasteiger partial charge in [-0.3, -0.25) is 4.48 Å². The molecule has 72 valence electrons. The first-order valence-corrected chi connectivity index (χ1v) is 4.72. The lowest BCUT2D eigenvalue weighted by Crippen LogP contribution is -2.57. The molecule has 1 aliphatic heterocycles. The summed E-state index contributed by atoms with van der Waals surface area (Å²) in [7, 11) is 2.24. The van der Waals surface area contributed by atoms with E-state index in [9.17, 15) is 0 Å². The summed E-state index contributed by atoms with van der Waals surface area (Å²) in [6.45, 7) is 8.87. The quantitative estimate of drug-likeness (QED) is 0.590. The third kappa shape index (κ3) is 2.19. The molecule has 1 saturated heterocycles.